The number of nitrogens with one attached hydrogen (secondary N) is 1. The molecule has 0 aromatic heterocycles. The average molecular weight is 470 g/mol. The number of ether oxygens (including phenoxy) is 3. The summed E-state index contributed by atoms with van der Waals surface area (Å²) in [5, 5.41) is 11.9. The van der Waals surface area contributed by atoms with Crippen molar-refractivity contribution in [2.75, 3.05) is 25.2 Å². The molecule has 0 spiro atoms. The van der Waals surface area contributed by atoms with Gasteiger partial charge in [-0.3, -0.25) is 14.5 Å². The Morgan fingerprint density at radius 2 is 1.97 bits per heavy atom. The smallest absolute Gasteiger partial charge is 0.341 e. The Morgan fingerprint density at radius 1 is 1.24 bits per heavy atom. The van der Waals surface area contributed by atoms with Gasteiger partial charge in [0.2, 0.25) is 5.91 Å². The van der Waals surface area contributed by atoms with Gasteiger partial charge in [0.25, 0.3) is 5.91 Å². The van der Waals surface area contributed by atoms with Gasteiger partial charge in [-0.2, -0.15) is 0 Å². The topological polar surface area (TPSA) is 131 Å². The number of carboxylic acids is 1. The van der Waals surface area contributed by atoms with Gasteiger partial charge < -0.3 is 24.6 Å². The van der Waals surface area contributed by atoms with Crippen LogP contribution in [-0.4, -0.2) is 54.7 Å². The zero-order valence-electron chi connectivity index (χ0n) is 19.3. The van der Waals surface area contributed by atoms with E-state index in [4.69, 9.17) is 19.3 Å². The number of aliphatic carboxylic acids is 1. The minimum Gasteiger partial charge on any atom is -0.481 e. The number of benzene rings is 1. The molecule has 2 amide bonds. The zero-order valence-corrected chi connectivity index (χ0v) is 19.3. The number of anilines is 1. The molecule has 1 aromatic rings. The Balaban J connectivity index is 2.11. The van der Waals surface area contributed by atoms with Crippen molar-refractivity contribution in [2.24, 2.45) is 0 Å². The molecule has 1 aliphatic carbocycles. The average Bonchev–Trinajstić information content (AvgIpc) is 3.01. The summed E-state index contributed by atoms with van der Waals surface area (Å²) in [6.45, 7) is 4.36. The van der Waals surface area contributed by atoms with E-state index in [0.717, 1.165) is 0 Å². The van der Waals surface area contributed by atoms with Crippen molar-refractivity contribution in [1.29, 1.82) is 0 Å². The highest BCUT2D eigenvalue weighted by atomic mass is 16.5. The van der Waals surface area contributed by atoms with E-state index in [2.05, 4.69) is 5.32 Å². The predicted octanol–water partition coefficient (Wildman–Crippen LogP) is 2.31. The first kappa shape index (κ1) is 24.6. The van der Waals surface area contributed by atoms with Crippen LogP contribution < -0.4 is 15.0 Å². The lowest BCUT2D eigenvalue weighted by molar-refractivity contribution is -0.140. The van der Waals surface area contributed by atoms with Crippen LogP contribution in [0.15, 0.2) is 53.5 Å². The normalized spacial score (nSPS) is 15.2. The van der Waals surface area contributed by atoms with E-state index in [9.17, 15) is 19.2 Å². The highest BCUT2D eigenvalue weighted by Crippen LogP contribution is 2.39. The summed E-state index contributed by atoms with van der Waals surface area (Å²) in [6.07, 6.45) is 5.04. The van der Waals surface area contributed by atoms with Crippen LogP contribution in [0.5, 0.6) is 5.75 Å². The Morgan fingerprint density at radius 3 is 2.62 bits per heavy atom. The zero-order chi connectivity index (χ0) is 25.0. The second kappa shape index (κ2) is 9.82. The van der Waals surface area contributed by atoms with E-state index >= 15 is 0 Å². The van der Waals surface area contributed by atoms with Gasteiger partial charge in [-0.15, -0.1) is 0 Å². The molecule has 3 rings (SSSR count). The van der Waals surface area contributed by atoms with Gasteiger partial charge in [0.15, 0.2) is 12.4 Å². The van der Waals surface area contributed by atoms with Gasteiger partial charge in [-0.25, -0.2) is 9.59 Å². The van der Waals surface area contributed by atoms with Crippen molar-refractivity contribution in [3.8, 4) is 5.75 Å². The molecular weight excluding hydrogens is 444 g/mol. The van der Waals surface area contributed by atoms with Crippen molar-refractivity contribution in [3.63, 3.8) is 0 Å². The highest BCUT2D eigenvalue weighted by Gasteiger charge is 2.35. The maximum absolute atomic E-state index is 13.8. The second-order valence-corrected chi connectivity index (χ2v) is 8.61. The third-order valence-electron chi connectivity index (χ3n) is 4.74. The van der Waals surface area contributed by atoms with E-state index in [1.807, 2.05) is 0 Å². The molecule has 0 saturated carbocycles. The molecule has 0 atom stereocenters. The lowest BCUT2D eigenvalue weighted by Gasteiger charge is -2.26. The van der Waals surface area contributed by atoms with Crippen LogP contribution in [0.25, 0.3) is 0 Å². The third kappa shape index (κ3) is 5.64. The summed E-state index contributed by atoms with van der Waals surface area (Å²) in [5.41, 5.74) is -0.211. The number of methoxy groups -OCH3 is 1. The fourth-order valence-electron chi connectivity index (χ4n) is 3.43. The molecule has 10 nitrogen and oxygen atoms in total. The van der Waals surface area contributed by atoms with Gasteiger partial charge in [-0.1, -0.05) is 12.2 Å². The maximum atomic E-state index is 13.8. The summed E-state index contributed by atoms with van der Waals surface area (Å²) in [6, 6.07) is 4.40. The number of fused-ring (bicyclic) bond motifs is 1. The lowest BCUT2D eigenvalue weighted by Crippen LogP contribution is -2.47. The van der Waals surface area contributed by atoms with Gasteiger partial charge >= 0.3 is 11.9 Å². The summed E-state index contributed by atoms with van der Waals surface area (Å²) in [7, 11) is 1.23. The molecule has 0 saturated heterocycles. The molecular formula is C24H26N2O8. The molecule has 1 aromatic carbocycles. The minimum absolute atomic E-state index is 0.00150. The first-order chi connectivity index (χ1) is 16.0. The second-order valence-electron chi connectivity index (χ2n) is 8.61. The lowest BCUT2D eigenvalue weighted by atomic mass is 10.1. The van der Waals surface area contributed by atoms with Crippen LogP contribution in [0.2, 0.25) is 0 Å². The Labute approximate surface area is 196 Å². The minimum atomic E-state index is -1.22. The number of allylic oxidation sites excluding steroid dienone is 3. The van der Waals surface area contributed by atoms with Crippen LogP contribution in [0, 0.1) is 0 Å². The van der Waals surface area contributed by atoms with E-state index in [1.54, 1.807) is 32.9 Å². The maximum Gasteiger partial charge on any atom is 0.341 e. The van der Waals surface area contributed by atoms with Gasteiger partial charge in [0.05, 0.1) is 18.4 Å². The molecule has 2 aliphatic rings. The number of amides is 2. The molecule has 0 fully saturated rings. The van der Waals surface area contributed by atoms with Crippen molar-refractivity contribution in [3.05, 3.63) is 59.1 Å². The number of carbonyl (C=O) groups is 4. The van der Waals surface area contributed by atoms with Gasteiger partial charge in [0.1, 0.15) is 23.6 Å². The monoisotopic (exact) mass is 470 g/mol. The van der Waals surface area contributed by atoms with E-state index in [-0.39, 0.29) is 47.1 Å². The van der Waals surface area contributed by atoms with Crippen LogP contribution in [-0.2, 0) is 23.9 Å². The fraction of sp³-hybridized carbons (Fsp3) is 0.333. The number of nitrogens with zero attached hydrogens (tertiary/aromatic N) is 1. The largest absolute Gasteiger partial charge is 0.481 e. The molecule has 0 radical (unpaired) electrons. The molecule has 10 heteroatoms. The SMILES string of the molecule is COC(=O)c1ccc2c(c1)N(CC(=O)NC(C)(C)C)C(=O)C1=C(CC=CC=C1OCC(=O)O)O2. The van der Waals surface area contributed by atoms with E-state index in [1.165, 1.54) is 36.3 Å². The molecule has 0 bridgehead atoms. The van der Waals surface area contributed by atoms with Crippen molar-refractivity contribution in [1.82, 2.24) is 5.32 Å². The molecule has 0 unspecified atom stereocenters. The molecule has 1 heterocycles. The molecule has 34 heavy (non-hydrogen) atoms. The van der Waals surface area contributed by atoms with Gasteiger partial charge in [-0.05, 0) is 45.0 Å². The molecule has 180 valence electrons. The summed E-state index contributed by atoms with van der Waals surface area (Å²) >= 11 is 0. The Bertz CT molecular complexity index is 1120. The Kier molecular flexibility index (Phi) is 7.09. The summed E-state index contributed by atoms with van der Waals surface area (Å²) in [4.78, 5) is 51.0. The first-order valence-electron chi connectivity index (χ1n) is 10.5. The predicted molar refractivity (Wildman–Crippen MR) is 121 cm³/mol. The Hall–Kier alpha value is -4.08. The third-order valence-corrected chi connectivity index (χ3v) is 4.74. The van der Waals surface area contributed by atoms with Crippen LogP contribution >= 0.6 is 0 Å². The molecule has 2 N–H and O–H groups in total. The van der Waals surface area contributed by atoms with Crippen LogP contribution in [0.1, 0.15) is 37.6 Å². The summed E-state index contributed by atoms with van der Waals surface area (Å²) < 4.78 is 16.2. The van der Waals surface area contributed by atoms with Crippen LogP contribution in [0.4, 0.5) is 5.69 Å². The number of hydrogen-bond acceptors (Lipinski definition) is 7. The van der Waals surface area contributed by atoms with E-state index < -0.39 is 35.9 Å². The fourth-order valence-corrected chi connectivity index (χ4v) is 3.43. The number of hydrogen-bond donors (Lipinski definition) is 2. The van der Waals surface area contributed by atoms with E-state index in [0.29, 0.717) is 0 Å². The first-order valence-corrected chi connectivity index (χ1v) is 10.5. The molecule has 1 aliphatic heterocycles. The summed E-state index contributed by atoms with van der Waals surface area (Å²) in [5.74, 6) is -2.46. The highest BCUT2D eigenvalue weighted by molar-refractivity contribution is 6.12. The standard InChI is InChI=1S/C24H26N2O8/c1-24(2,3)25-19(27)12-26-15-11-14(23(31)32-4)9-10-16(15)34-18-8-6-5-7-17(21(18)22(26)30)33-13-20(28)29/h5-7,9-11H,8,12-13H2,1-4H3,(H,25,27)(H,28,29). The van der Waals surface area contributed by atoms with Crippen molar-refractivity contribution < 1.29 is 38.5 Å². The number of esters is 1. The quantitative estimate of drug-likeness (QED) is 0.606. The van der Waals surface area contributed by atoms with Crippen molar-refractivity contribution in [2.45, 2.75) is 32.7 Å². The number of carbonyl (C=O) groups excluding carboxylic acids is 3. The number of rotatable bonds is 6. The number of carboxylic acid groups (broad SMARTS) is 1. The van der Waals surface area contributed by atoms with Crippen molar-refractivity contribution >= 4 is 29.4 Å². The van der Waals surface area contributed by atoms with Crippen LogP contribution in [0.3, 0.4) is 0 Å². The van der Waals surface area contributed by atoms with Gasteiger partial charge in [0, 0.05) is 12.0 Å².